The van der Waals surface area contributed by atoms with Gasteiger partial charge in [0, 0.05) is 31.8 Å². The van der Waals surface area contributed by atoms with Crippen molar-refractivity contribution in [2.24, 2.45) is 5.92 Å². The second-order valence-electron chi connectivity index (χ2n) is 9.07. The fraction of sp³-hybridized carbons (Fsp3) is 0.462. The second kappa shape index (κ2) is 11.9. The van der Waals surface area contributed by atoms with Crippen LogP contribution in [0.3, 0.4) is 0 Å². The van der Waals surface area contributed by atoms with E-state index >= 15 is 0 Å². The molecule has 0 aliphatic carbocycles. The van der Waals surface area contributed by atoms with E-state index in [2.05, 4.69) is 15.5 Å². The fourth-order valence-corrected chi connectivity index (χ4v) is 4.52. The van der Waals surface area contributed by atoms with Crippen LogP contribution in [0.4, 0.5) is 5.69 Å². The zero-order chi connectivity index (χ0) is 24.7. The molecule has 1 fully saturated rings. The van der Waals surface area contributed by atoms with Crippen molar-refractivity contribution in [1.82, 2.24) is 15.5 Å². The highest BCUT2D eigenvalue weighted by Crippen LogP contribution is 2.25. The maximum atomic E-state index is 13.2. The van der Waals surface area contributed by atoms with Crippen LogP contribution in [0.2, 0.25) is 0 Å². The number of likely N-dealkylation sites (tertiary alicyclic amines) is 1. The number of nitrogens with two attached hydrogens (primary N) is 1. The molecule has 4 atom stereocenters. The number of nitrogens with one attached hydrogen (secondary N) is 2. The quantitative estimate of drug-likeness (QED) is 0.397. The van der Waals surface area contributed by atoms with Crippen molar-refractivity contribution in [3.05, 3.63) is 59.7 Å². The standard InChI is InChI=1S/C26H36N4O4/c1-17(24(34-3)23-5-4-14-30(23)2)25(32)29-22(15-18-8-12-21(31)13-9-18)26(33)28-16-19-6-10-20(27)11-7-19/h6-13,17,22-24,31H,4-5,14-16,27H2,1-3H3,(H,28,33)(H,29,32). The number of anilines is 1. The van der Waals surface area contributed by atoms with Crippen LogP contribution in [-0.4, -0.2) is 60.7 Å². The summed E-state index contributed by atoms with van der Waals surface area (Å²) < 4.78 is 5.74. The van der Waals surface area contributed by atoms with Crippen molar-refractivity contribution in [2.75, 3.05) is 26.4 Å². The molecule has 8 nitrogen and oxygen atoms in total. The predicted octanol–water partition coefficient (Wildman–Crippen LogP) is 2.06. The maximum absolute atomic E-state index is 13.2. The SMILES string of the molecule is COC(C(C)C(=O)NC(Cc1ccc(O)cc1)C(=O)NCc1ccc(N)cc1)C1CCCN1C. The lowest BCUT2D eigenvalue weighted by Crippen LogP contribution is -2.53. The molecule has 0 aromatic heterocycles. The summed E-state index contributed by atoms with van der Waals surface area (Å²) in [5, 5.41) is 15.4. The summed E-state index contributed by atoms with van der Waals surface area (Å²) in [6.07, 6.45) is 2.09. The Hall–Kier alpha value is -3.10. The van der Waals surface area contributed by atoms with E-state index in [0.717, 1.165) is 30.5 Å². The van der Waals surface area contributed by atoms with Crippen molar-refractivity contribution in [1.29, 1.82) is 0 Å². The number of carbonyl (C=O) groups excluding carboxylic acids is 2. The van der Waals surface area contributed by atoms with Crippen LogP contribution in [0.25, 0.3) is 0 Å². The molecule has 1 saturated heterocycles. The van der Waals surface area contributed by atoms with Gasteiger partial charge in [-0.25, -0.2) is 0 Å². The van der Waals surface area contributed by atoms with Gasteiger partial charge < -0.3 is 31.1 Å². The number of hydrogen-bond acceptors (Lipinski definition) is 6. The van der Waals surface area contributed by atoms with E-state index in [-0.39, 0.29) is 29.7 Å². The van der Waals surface area contributed by atoms with Gasteiger partial charge in [0.15, 0.2) is 0 Å². The van der Waals surface area contributed by atoms with Gasteiger partial charge in [-0.2, -0.15) is 0 Å². The molecule has 0 radical (unpaired) electrons. The summed E-state index contributed by atoms with van der Waals surface area (Å²) in [4.78, 5) is 28.6. The summed E-state index contributed by atoms with van der Waals surface area (Å²) in [7, 11) is 3.68. The summed E-state index contributed by atoms with van der Waals surface area (Å²) in [6.45, 7) is 3.15. The predicted molar refractivity (Wildman–Crippen MR) is 132 cm³/mol. The number of nitrogens with zero attached hydrogens (tertiary/aromatic N) is 1. The van der Waals surface area contributed by atoms with Crippen LogP contribution in [0.15, 0.2) is 48.5 Å². The Bertz CT molecular complexity index is 948. The Morgan fingerprint density at radius 1 is 1.12 bits per heavy atom. The Balaban J connectivity index is 1.70. The van der Waals surface area contributed by atoms with E-state index < -0.39 is 12.0 Å². The molecule has 2 amide bonds. The Morgan fingerprint density at radius 2 is 1.76 bits per heavy atom. The van der Waals surface area contributed by atoms with Crippen molar-refractivity contribution in [3.63, 3.8) is 0 Å². The average Bonchev–Trinajstić information content (AvgIpc) is 3.25. The molecule has 0 bridgehead atoms. The number of rotatable bonds is 10. The first kappa shape index (κ1) is 25.5. The van der Waals surface area contributed by atoms with Gasteiger partial charge in [-0.1, -0.05) is 31.2 Å². The van der Waals surface area contributed by atoms with Crippen molar-refractivity contribution in [3.8, 4) is 5.75 Å². The number of amides is 2. The highest BCUT2D eigenvalue weighted by atomic mass is 16.5. The normalized spacial score (nSPS) is 18.7. The highest BCUT2D eigenvalue weighted by molar-refractivity contribution is 5.88. The molecule has 1 aliphatic heterocycles. The summed E-state index contributed by atoms with van der Waals surface area (Å²) in [6, 6.07) is 13.3. The number of benzene rings is 2. The van der Waals surface area contributed by atoms with Crippen LogP contribution in [0.1, 0.15) is 30.9 Å². The van der Waals surface area contributed by atoms with Crippen molar-refractivity contribution >= 4 is 17.5 Å². The molecule has 0 saturated carbocycles. The summed E-state index contributed by atoms with van der Waals surface area (Å²) >= 11 is 0. The van der Waals surface area contributed by atoms with Crippen LogP contribution in [-0.2, 0) is 27.3 Å². The number of phenols is 1. The first-order valence-electron chi connectivity index (χ1n) is 11.7. The van der Waals surface area contributed by atoms with E-state index in [1.807, 2.05) is 26.1 Å². The minimum absolute atomic E-state index is 0.148. The van der Waals surface area contributed by atoms with E-state index in [1.54, 1.807) is 43.5 Å². The molecule has 8 heteroatoms. The molecule has 2 aromatic carbocycles. The van der Waals surface area contributed by atoms with Gasteiger partial charge >= 0.3 is 0 Å². The van der Waals surface area contributed by atoms with Gasteiger partial charge in [0.1, 0.15) is 11.8 Å². The molecular formula is C26H36N4O4. The molecule has 4 unspecified atom stereocenters. The molecule has 5 N–H and O–H groups in total. The minimum Gasteiger partial charge on any atom is -0.508 e. The number of carbonyl (C=O) groups is 2. The van der Waals surface area contributed by atoms with Gasteiger partial charge in [-0.15, -0.1) is 0 Å². The highest BCUT2D eigenvalue weighted by Gasteiger charge is 2.37. The molecular weight excluding hydrogens is 432 g/mol. The number of ether oxygens (including phenoxy) is 1. The molecule has 2 aromatic rings. The number of aromatic hydroxyl groups is 1. The lowest BCUT2D eigenvalue weighted by atomic mass is 9.94. The van der Waals surface area contributed by atoms with Gasteiger partial charge in [-0.05, 0) is 61.8 Å². The van der Waals surface area contributed by atoms with Gasteiger partial charge in [0.05, 0.1) is 12.0 Å². The molecule has 0 spiro atoms. The maximum Gasteiger partial charge on any atom is 0.243 e. The Labute approximate surface area is 201 Å². The third-order valence-corrected chi connectivity index (χ3v) is 6.59. The topological polar surface area (TPSA) is 117 Å². The Kier molecular flexibility index (Phi) is 8.90. The van der Waals surface area contributed by atoms with Crippen LogP contribution >= 0.6 is 0 Å². The van der Waals surface area contributed by atoms with Gasteiger partial charge in [0.2, 0.25) is 11.8 Å². The number of hydrogen-bond donors (Lipinski definition) is 4. The number of methoxy groups -OCH3 is 1. The van der Waals surface area contributed by atoms with Crippen LogP contribution < -0.4 is 16.4 Å². The van der Waals surface area contributed by atoms with Crippen LogP contribution in [0.5, 0.6) is 5.75 Å². The average molecular weight is 469 g/mol. The first-order chi connectivity index (χ1) is 16.3. The number of nitrogen functional groups attached to an aromatic ring is 1. The molecule has 3 rings (SSSR count). The fourth-order valence-electron chi connectivity index (χ4n) is 4.52. The smallest absolute Gasteiger partial charge is 0.243 e. The third kappa shape index (κ3) is 6.71. The molecule has 1 heterocycles. The minimum atomic E-state index is -0.771. The zero-order valence-electron chi connectivity index (χ0n) is 20.2. The number of phenolic OH excluding ortho intramolecular Hbond substituents is 1. The number of likely N-dealkylation sites (N-methyl/N-ethyl adjacent to an activating group) is 1. The van der Waals surface area contributed by atoms with Crippen molar-refractivity contribution < 1.29 is 19.4 Å². The molecule has 1 aliphatic rings. The third-order valence-electron chi connectivity index (χ3n) is 6.59. The van der Waals surface area contributed by atoms with Gasteiger partial charge in [0.25, 0.3) is 0 Å². The summed E-state index contributed by atoms with van der Waals surface area (Å²) in [5.74, 6) is -0.784. The van der Waals surface area contributed by atoms with Crippen molar-refractivity contribution in [2.45, 2.75) is 50.9 Å². The van der Waals surface area contributed by atoms with E-state index in [1.165, 1.54) is 0 Å². The summed E-state index contributed by atoms with van der Waals surface area (Å²) in [5.41, 5.74) is 8.13. The van der Waals surface area contributed by atoms with Crippen LogP contribution in [0, 0.1) is 5.92 Å². The lowest BCUT2D eigenvalue weighted by Gasteiger charge is -2.32. The first-order valence-corrected chi connectivity index (χ1v) is 11.7. The van der Waals surface area contributed by atoms with E-state index in [0.29, 0.717) is 18.7 Å². The van der Waals surface area contributed by atoms with E-state index in [4.69, 9.17) is 10.5 Å². The molecule has 34 heavy (non-hydrogen) atoms. The lowest BCUT2D eigenvalue weighted by molar-refractivity contribution is -0.135. The molecule has 184 valence electrons. The largest absolute Gasteiger partial charge is 0.508 e. The Morgan fingerprint density at radius 3 is 2.35 bits per heavy atom. The second-order valence-corrected chi connectivity index (χ2v) is 9.07. The van der Waals surface area contributed by atoms with Gasteiger partial charge in [-0.3, -0.25) is 9.59 Å². The van der Waals surface area contributed by atoms with E-state index in [9.17, 15) is 14.7 Å². The zero-order valence-corrected chi connectivity index (χ0v) is 20.2. The monoisotopic (exact) mass is 468 g/mol.